The molecule has 0 fully saturated rings. The van der Waals surface area contributed by atoms with Crippen LogP contribution in [0.15, 0.2) is 48.5 Å². The Balaban J connectivity index is 1.92. The molecule has 0 bridgehead atoms. The summed E-state index contributed by atoms with van der Waals surface area (Å²) in [6, 6.07) is 13.2. The Hall–Kier alpha value is -3.02. The fourth-order valence-electron chi connectivity index (χ4n) is 2.49. The molecule has 0 radical (unpaired) electrons. The van der Waals surface area contributed by atoms with Crippen molar-refractivity contribution in [1.82, 2.24) is 4.90 Å². The Kier molecular flexibility index (Phi) is 3.42. The Morgan fingerprint density at radius 3 is 2.50 bits per heavy atom. The van der Waals surface area contributed by atoms with Gasteiger partial charge in [-0.2, -0.15) is 0 Å². The highest BCUT2D eigenvalue weighted by atomic mass is 16.6. The summed E-state index contributed by atoms with van der Waals surface area (Å²) in [4.78, 5) is 36.1. The number of hydrogen-bond acceptors (Lipinski definition) is 4. The van der Waals surface area contributed by atoms with E-state index in [-0.39, 0.29) is 24.6 Å². The van der Waals surface area contributed by atoms with Crippen molar-refractivity contribution in [2.24, 2.45) is 0 Å². The third-order valence-electron chi connectivity index (χ3n) is 3.60. The number of nitrogens with zero attached hydrogens (tertiary/aromatic N) is 2. The molecule has 0 aromatic heterocycles. The minimum Gasteiger partial charge on any atom is -0.274 e. The smallest absolute Gasteiger partial charge is 0.269 e. The van der Waals surface area contributed by atoms with Crippen molar-refractivity contribution in [2.45, 2.75) is 13.0 Å². The van der Waals surface area contributed by atoms with E-state index in [4.69, 9.17) is 0 Å². The summed E-state index contributed by atoms with van der Waals surface area (Å²) in [6.07, 6.45) is -0.00438. The minimum atomic E-state index is -0.536. The Morgan fingerprint density at radius 1 is 1.09 bits per heavy atom. The second-order valence-corrected chi connectivity index (χ2v) is 5.05. The summed E-state index contributed by atoms with van der Waals surface area (Å²) in [5, 5.41) is 10.8. The summed E-state index contributed by atoms with van der Waals surface area (Å²) in [5.41, 5.74) is 1.50. The van der Waals surface area contributed by atoms with Gasteiger partial charge in [0.05, 0.1) is 17.9 Å². The zero-order valence-electron chi connectivity index (χ0n) is 11.6. The van der Waals surface area contributed by atoms with Crippen molar-refractivity contribution in [3.63, 3.8) is 0 Å². The number of non-ortho nitro benzene ring substituents is 1. The van der Waals surface area contributed by atoms with Crippen LogP contribution in [0, 0.1) is 10.1 Å². The lowest BCUT2D eigenvalue weighted by atomic mass is 9.97. The third-order valence-corrected chi connectivity index (χ3v) is 3.60. The van der Waals surface area contributed by atoms with Gasteiger partial charge < -0.3 is 0 Å². The standard InChI is InChI=1S/C16H12N2O4/c19-15-9-12-8-13(18(21)22)6-7-14(12)16(20)17(15)10-11-4-2-1-3-5-11/h1-8H,9-10H2. The number of nitro benzene ring substituents is 1. The maximum absolute atomic E-state index is 12.4. The largest absolute Gasteiger partial charge is 0.274 e. The molecule has 2 amide bonds. The number of amides is 2. The first-order valence-corrected chi connectivity index (χ1v) is 6.72. The van der Waals surface area contributed by atoms with E-state index >= 15 is 0 Å². The van der Waals surface area contributed by atoms with Crippen molar-refractivity contribution >= 4 is 17.5 Å². The van der Waals surface area contributed by atoms with Gasteiger partial charge in [0.15, 0.2) is 0 Å². The van der Waals surface area contributed by atoms with Gasteiger partial charge in [0, 0.05) is 17.7 Å². The Labute approximate surface area is 126 Å². The van der Waals surface area contributed by atoms with Crippen molar-refractivity contribution in [2.75, 3.05) is 0 Å². The van der Waals surface area contributed by atoms with Gasteiger partial charge in [-0.25, -0.2) is 0 Å². The molecule has 6 heteroatoms. The van der Waals surface area contributed by atoms with E-state index in [0.29, 0.717) is 11.1 Å². The molecule has 0 saturated carbocycles. The molecular weight excluding hydrogens is 284 g/mol. The van der Waals surface area contributed by atoms with Crippen LogP contribution in [0.2, 0.25) is 0 Å². The summed E-state index contributed by atoms with van der Waals surface area (Å²) < 4.78 is 0. The molecule has 1 aliphatic rings. The summed E-state index contributed by atoms with van der Waals surface area (Å²) in [5.74, 6) is -0.758. The molecule has 0 saturated heterocycles. The van der Waals surface area contributed by atoms with Gasteiger partial charge in [-0.3, -0.25) is 24.6 Å². The van der Waals surface area contributed by atoms with Gasteiger partial charge in [0.2, 0.25) is 5.91 Å². The van der Waals surface area contributed by atoms with Gasteiger partial charge in [0.25, 0.3) is 11.6 Å². The van der Waals surface area contributed by atoms with Gasteiger partial charge in [-0.05, 0) is 17.2 Å². The van der Waals surface area contributed by atoms with Gasteiger partial charge >= 0.3 is 0 Å². The third kappa shape index (κ3) is 2.46. The molecule has 2 aromatic carbocycles. The molecule has 0 spiro atoms. The lowest BCUT2D eigenvalue weighted by Gasteiger charge is -2.26. The Bertz CT molecular complexity index is 771. The first-order valence-electron chi connectivity index (χ1n) is 6.72. The fraction of sp³-hybridized carbons (Fsp3) is 0.125. The highest BCUT2D eigenvalue weighted by molar-refractivity contribution is 6.09. The first-order chi connectivity index (χ1) is 10.6. The molecular formula is C16H12N2O4. The molecule has 0 unspecified atom stereocenters. The van der Waals surface area contributed by atoms with Gasteiger partial charge in [-0.1, -0.05) is 30.3 Å². The molecule has 3 rings (SSSR count). The SMILES string of the molecule is O=C1Cc2cc([N+](=O)[O-])ccc2C(=O)N1Cc1ccccc1. The zero-order chi connectivity index (χ0) is 15.7. The van der Waals surface area contributed by atoms with Crippen molar-refractivity contribution < 1.29 is 14.5 Å². The zero-order valence-corrected chi connectivity index (χ0v) is 11.6. The topological polar surface area (TPSA) is 80.5 Å². The van der Waals surface area contributed by atoms with Crippen LogP contribution in [-0.4, -0.2) is 21.6 Å². The number of hydrogen-bond donors (Lipinski definition) is 0. The normalized spacial score (nSPS) is 13.9. The summed E-state index contributed by atoms with van der Waals surface area (Å²) in [7, 11) is 0. The number of imide groups is 1. The van der Waals surface area contributed by atoms with Crippen LogP contribution in [0.1, 0.15) is 21.5 Å². The summed E-state index contributed by atoms with van der Waals surface area (Å²) in [6.45, 7) is 0.203. The first kappa shape index (κ1) is 13.9. The molecule has 0 N–H and O–H groups in total. The predicted octanol–water partition coefficient (Wildman–Crippen LogP) is 2.32. The Morgan fingerprint density at radius 2 is 1.82 bits per heavy atom. The van der Waals surface area contributed by atoms with Gasteiger partial charge in [-0.15, -0.1) is 0 Å². The van der Waals surface area contributed by atoms with E-state index in [2.05, 4.69) is 0 Å². The van der Waals surface area contributed by atoms with Crippen LogP contribution in [0.5, 0.6) is 0 Å². The average Bonchev–Trinajstić information content (AvgIpc) is 2.52. The van der Waals surface area contributed by atoms with Crippen LogP contribution in [0.4, 0.5) is 5.69 Å². The molecule has 0 aliphatic carbocycles. The minimum absolute atomic E-state index is 0.00438. The molecule has 1 aliphatic heterocycles. The molecule has 1 heterocycles. The van der Waals surface area contributed by atoms with Crippen molar-refractivity contribution in [1.29, 1.82) is 0 Å². The van der Waals surface area contributed by atoms with E-state index in [1.807, 2.05) is 30.3 Å². The molecule has 22 heavy (non-hydrogen) atoms. The lowest BCUT2D eigenvalue weighted by molar-refractivity contribution is -0.384. The molecule has 2 aromatic rings. The van der Waals surface area contributed by atoms with E-state index < -0.39 is 10.8 Å². The highest BCUT2D eigenvalue weighted by Gasteiger charge is 2.31. The monoisotopic (exact) mass is 296 g/mol. The predicted molar refractivity (Wildman–Crippen MR) is 78.1 cm³/mol. The summed E-state index contributed by atoms with van der Waals surface area (Å²) >= 11 is 0. The number of carbonyl (C=O) groups is 2. The number of carbonyl (C=O) groups excluding carboxylic acids is 2. The maximum Gasteiger partial charge on any atom is 0.269 e. The van der Waals surface area contributed by atoms with E-state index in [0.717, 1.165) is 5.56 Å². The second-order valence-electron chi connectivity index (χ2n) is 5.05. The fourth-order valence-corrected chi connectivity index (χ4v) is 2.49. The maximum atomic E-state index is 12.4. The molecule has 6 nitrogen and oxygen atoms in total. The second kappa shape index (κ2) is 5.40. The van der Waals surface area contributed by atoms with Crippen LogP contribution in [0.25, 0.3) is 0 Å². The van der Waals surface area contributed by atoms with Gasteiger partial charge in [0.1, 0.15) is 0 Å². The number of fused-ring (bicyclic) bond motifs is 1. The molecule has 0 atom stereocenters. The van der Waals surface area contributed by atoms with Crippen molar-refractivity contribution in [3.05, 3.63) is 75.3 Å². The quantitative estimate of drug-likeness (QED) is 0.494. The van der Waals surface area contributed by atoms with E-state index in [1.54, 1.807) is 0 Å². The van der Waals surface area contributed by atoms with Crippen molar-refractivity contribution in [3.8, 4) is 0 Å². The van der Waals surface area contributed by atoms with Crippen LogP contribution in [0.3, 0.4) is 0 Å². The number of benzene rings is 2. The van der Waals surface area contributed by atoms with E-state index in [9.17, 15) is 19.7 Å². The van der Waals surface area contributed by atoms with Crippen LogP contribution < -0.4 is 0 Å². The van der Waals surface area contributed by atoms with Crippen LogP contribution >= 0.6 is 0 Å². The lowest BCUT2D eigenvalue weighted by Crippen LogP contribution is -2.41. The molecule has 110 valence electrons. The van der Waals surface area contributed by atoms with Crippen LogP contribution in [-0.2, 0) is 17.8 Å². The number of rotatable bonds is 3. The number of nitro groups is 1. The average molecular weight is 296 g/mol. The van der Waals surface area contributed by atoms with E-state index in [1.165, 1.54) is 23.1 Å². The highest BCUT2D eigenvalue weighted by Crippen LogP contribution is 2.25.